The summed E-state index contributed by atoms with van der Waals surface area (Å²) in [5.41, 5.74) is 6.70. The SMILES string of the molecule is COc1ccccc1CC(=O)N1CC(CN)CCC1C. The first-order valence-corrected chi connectivity index (χ1v) is 7.27. The van der Waals surface area contributed by atoms with Crippen molar-refractivity contribution in [3.05, 3.63) is 29.8 Å². The van der Waals surface area contributed by atoms with Gasteiger partial charge in [-0.1, -0.05) is 18.2 Å². The van der Waals surface area contributed by atoms with Gasteiger partial charge in [0.15, 0.2) is 0 Å². The molecule has 2 rings (SSSR count). The molecule has 2 N–H and O–H groups in total. The zero-order valence-corrected chi connectivity index (χ0v) is 12.3. The maximum atomic E-state index is 12.5. The zero-order chi connectivity index (χ0) is 14.5. The van der Waals surface area contributed by atoms with Crippen molar-refractivity contribution in [2.45, 2.75) is 32.2 Å². The lowest BCUT2D eigenvalue weighted by Gasteiger charge is -2.37. The van der Waals surface area contributed by atoms with E-state index >= 15 is 0 Å². The Hall–Kier alpha value is -1.55. The molecule has 110 valence electrons. The van der Waals surface area contributed by atoms with Crippen molar-refractivity contribution >= 4 is 5.91 Å². The van der Waals surface area contributed by atoms with Crippen LogP contribution in [0.1, 0.15) is 25.3 Å². The third-order valence-corrected chi connectivity index (χ3v) is 4.17. The molecule has 0 aliphatic carbocycles. The monoisotopic (exact) mass is 276 g/mol. The van der Waals surface area contributed by atoms with E-state index in [2.05, 4.69) is 6.92 Å². The first kappa shape index (κ1) is 14.9. The number of likely N-dealkylation sites (tertiary alicyclic amines) is 1. The van der Waals surface area contributed by atoms with Gasteiger partial charge in [0, 0.05) is 18.2 Å². The van der Waals surface area contributed by atoms with Crippen LogP contribution in [-0.2, 0) is 11.2 Å². The van der Waals surface area contributed by atoms with Crippen LogP contribution in [-0.4, -0.2) is 37.0 Å². The minimum atomic E-state index is 0.167. The molecule has 2 atom stereocenters. The highest BCUT2D eigenvalue weighted by molar-refractivity contribution is 5.80. The summed E-state index contributed by atoms with van der Waals surface area (Å²) in [6.45, 7) is 3.56. The number of hydrogen-bond donors (Lipinski definition) is 1. The number of amides is 1. The smallest absolute Gasteiger partial charge is 0.227 e. The number of carbonyl (C=O) groups is 1. The van der Waals surface area contributed by atoms with Crippen LogP contribution in [0.2, 0.25) is 0 Å². The molecule has 1 fully saturated rings. The Morgan fingerprint density at radius 1 is 1.40 bits per heavy atom. The van der Waals surface area contributed by atoms with Crippen LogP contribution in [0.15, 0.2) is 24.3 Å². The lowest BCUT2D eigenvalue weighted by Crippen LogP contribution is -2.47. The van der Waals surface area contributed by atoms with E-state index in [1.807, 2.05) is 29.2 Å². The second-order valence-electron chi connectivity index (χ2n) is 5.56. The number of carbonyl (C=O) groups excluding carboxylic acids is 1. The van der Waals surface area contributed by atoms with Gasteiger partial charge < -0.3 is 15.4 Å². The first-order valence-electron chi connectivity index (χ1n) is 7.27. The van der Waals surface area contributed by atoms with Gasteiger partial charge in [0.2, 0.25) is 5.91 Å². The summed E-state index contributed by atoms with van der Waals surface area (Å²) in [7, 11) is 1.64. The summed E-state index contributed by atoms with van der Waals surface area (Å²) in [5.74, 6) is 1.38. The average molecular weight is 276 g/mol. The Balaban J connectivity index is 2.06. The van der Waals surface area contributed by atoms with Crippen LogP contribution >= 0.6 is 0 Å². The van der Waals surface area contributed by atoms with E-state index in [9.17, 15) is 4.79 Å². The van der Waals surface area contributed by atoms with E-state index in [0.29, 0.717) is 24.9 Å². The van der Waals surface area contributed by atoms with Crippen molar-refractivity contribution in [2.24, 2.45) is 11.7 Å². The van der Waals surface area contributed by atoms with Crippen LogP contribution in [0.5, 0.6) is 5.75 Å². The second-order valence-corrected chi connectivity index (χ2v) is 5.56. The molecular formula is C16H24N2O2. The molecule has 2 unspecified atom stereocenters. The van der Waals surface area contributed by atoms with Gasteiger partial charge in [0.1, 0.15) is 5.75 Å². The molecule has 20 heavy (non-hydrogen) atoms. The summed E-state index contributed by atoms with van der Waals surface area (Å²) in [6, 6.07) is 8.00. The number of para-hydroxylation sites is 1. The molecule has 1 aromatic carbocycles. The Bertz CT molecular complexity index is 462. The van der Waals surface area contributed by atoms with Crippen LogP contribution in [0.3, 0.4) is 0 Å². The number of piperidine rings is 1. The zero-order valence-electron chi connectivity index (χ0n) is 12.3. The van der Waals surface area contributed by atoms with Crippen molar-refractivity contribution in [3.63, 3.8) is 0 Å². The quantitative estimate of drug-likeness (QED) is 0.912. The van der Waals surface area contributed by atoms with Gasteiger partial charge in [-0.2, -0.15) is 0 Å². The maximum Gasteiger partial charge on any atom is 0.227 e. The number of benzene rings is 1. The highest BCUT2D eigenvalue weighted by atomic mass is 16.5. The lowest BCUT2D eigenvalue weighted by atomic mass is 9.93. The Morgan fingerprint density at radius 2 is 2.15 bits per heavy atom. The molecule has 1 aliphatic rings. The summed E-state index contributed by atoms with van der Waals surface area (Å²) >= 11 is 0. The second kappa shape index (κ2) is 6.75. The fraction of sp³-hybridized carbons (Fsp3) is 0.562. The molecule has 0 aromatic heterocycles. The fourth-order valence-electron chi connectivity index (χ4n) is 2.84. The van der Waals surface area contributed by atoms with Gasteiger partial charge in [0.05, 0.1) is 13.5 Å². The van der Waals surface area contributed by atoms with Crippen LogP contribution in [0.25, 0.3) is 0 Å². The summed E-state index contributed by atoms with van der Waals surface area (Å²) in [6.07, 6.45) is 2.56. The van der Waals surface area contributed by atoms with Crippen LogP contribution < -0.4 is 10.5 Å². The summed E-state index contributed by atoms with van der Waals surface area (Å²) < 4.78 is 5.31. The van der Waals surface area contributed by atoms with E-state index in [0.717, 1.165) is 30.7 Å². The molecular weight excluding hydrogens is 252 g/mol. The number of hydrogen-bond acceptors (Lipinski definition) is 3. The van der Waals surface area contributed by atoms with Crippen molar-refractivity contribution in [1.29, 1.82) is 0 Å². The minimum Gasteiger partial charge on any atom is -0.496 e. The number of nitrogens with zero attached hydrogens (tertiary/aromatic N) is 1. The number of methoxy groups -OCH3 is 1. The third-order valence-electron chi connectivity index (χ3n) is 4.17. The normalized spacial score (nSPS) is 22.6. The van der Waals surface area contributed by atoms with E-state index < -0.39 is 0 Å². The molecule has 1 amide bonds. The van der Waals surface area contributed by atoms with Crippen LogP contribution in [0, 0.1) is 5.92 Å². The number of nitrogens with two attached hydrogens (primary N) is 1. The Labute approximate surface area is 120 Å². The predicted octanol–water partition coefficient (Wildman–Crippen LogP) is 1.82. The molecule has 0 spiro atoms. The molecule has 4 heteroatoms. The highest BCUT2D eigenvalue weighted by Crippen LogP contribution is 2.24. The molecule has 1 aliphatic heterocycles. The largest absolute Gasteiger partial charge is 0.496 e. The maximum absolute atomic E-state index is 12.5. The van der Waals surface area contributed by atoms with Gasteiger partial charge >= 0.3 is 0 Å². The Morgan fingerprint density at radius 3 is 2.85 bits per heavy atom. The predicted molar refractivity (Wildman–Crippen MR) is 79.7 cm³/mol. The lowest BCUT2D eigenvalue weighted by molar-refractivity contribution is -0.134. The van der Waals surface area contributed by atoms with Gasteiger partial charge in [0.25, 0.3) is 0 Å². The van der Waals surface area contributed by atoms with Crippen molar-refractivity contribution in [2.75, 3.05) is 20.2 Å². The van der Waals surface area contributed by atoms with Crippen molar-refractivity contribution in [1.82, 2.24) is 4.90 Å². The van der Waals surface area contributed by atoms with Gasteiger partial charge in [-0.25, -0.2) is 0 Å². The van der Waals surface area contributed by atoms with Crippen molar-refractivity contribution in [3.8, 4) is 5.75 Å². The van der Waals surface area contributed by atoms with E-state index in [4.69, 9.17) is 10.5 Å². The fourth-order valence-corrected chi connectivity index (χ4v) is 2.84. The van der Waals surface area contributed by atoms with E-state index in [-0.39, 0.29) is 5.91 Å². The molecule has 1 aromatic rings. The topological polar surface area (TPSA) is 55.6 Å². The number of rotatable bonds is 4. The number of ether oxygens (including phenoxy) is 1. The molecule has 1 heterocycles. The first-order chi connectivity index (χ1) is 9.65. The third kappa shape index (κ3) is 3.31. The standard InChI is InChI=1S/C16H24N2O2/c1-12-7-8-13(10-17)11-18(12)16(19)9-14-5-3-4-6-15(14)20-2/h3-6,12-13H,7-11,17H2,1-2H3. The average Bonchev–Trinajstić information content (AvgIpc) is 2.48. The molecule has 0 saturated carbocycles. The van der Waals surface area contributed by atoms with Gasteiger partial charge in [-0.15, -0.1) is 0 Å². The van der Waals surface area contributed by atoms with Crippen LogP contribution in [0.4, 0.5) is 0 Å². The van der Waals surface area contributed by atoms with E-state index in [1.165, 1.54) is 0 Å². The molecule has 0 bridgehead atoms. The highest BCUT2D eigenvalue weighted by Gasteiger charge is 2.28. The van der Waals surface area contributed by atoms with Gasteiger partial charge in [-0.05, 0) is 38.3 Å². The van der Waals surface area contributed by atoms with Gasteiger partial charge in [-0.3, -0.25) is 4.79 Å². The Kier molecular flexibility index (Phi) is 5.01. The summed E-state index contributed by atoms with van der Waals surface area (Å²) in [4.78, 5) is 14.5. The molecule has 0 radical (unpaired) electrons. The minimum absolute atomic E-state index is 0.167. The molecule has 1 saturated heterocycles. The summed E-state index contributed by atoms with van der Waals surface area (Å²) in [5, 5.41) is 0. The molecule has 4 nitrogen and oxygen atoms in total. The van der Waals surface area contributed by atoms with Crippen molar-refractivity contribution < 1.29 is 9.53 Å². The van der Waals surface area contributed by atoms with E-state index in [1.54, 1.807) is 7.11 Å².